The van der Waals surface area contributed by atoms with E-state index in [4.69, 9.17) is 11.6 Å². The van der Waals surface area contributed by atoms with Gasteiger partial charge < -0.3 is 15.5 Å². The molecule has 0 aromatic heterocycles. The second-order valence-corrected chi connectivity index (χ2v) is 6.65. The van der Waals surface area contributed by atoms with E-state index < -0.39 is 11.9 Å². The number of rotatable bonds is 4. The summed E-state index contributed by atoms with van der Waals surface area (Å²) < 4.78 is 13.1. The highest BCUT2D eigenvalue weighted by atomic mass is 35.5. The predicted molar refractivity (Wildman–Crippen MR) is 101 cm³/mol. The topological polar surface area (TPSA) is 61.4 Å². The molecule has 0 saturated carbocycles. The van der Waals surface area contributed by atoms with E-state index in [-0.39, 0.29) is 16.8 Å². The molecule has 1 heterocycles. The number of hydrogen-bond donors (Lipinski definition) is 2. The van der Waals surface area contributed by atoms with Crippen LogP contribution in [0.2, 0.25) is 5.02 Å². The number of benzene rings is 2. The standard InChI is InChI=1S/C19H19ClFN3O2/c1-11(19(26)23-17-5-3-14(21)10-16(17)20)22-15-4-6-18-13(9-15)7-8-24(18)12(2)25/h3-6,9-11,22H,7-8H2,1-2H3,(H,23,26)/t11-/m1/s1. The highest BCUT2D eigenvalue weighted by molar-refractivity contribution is 6.33. The highest BCUT2D eigenvalue weighted by Crippen LogP contribution is 2.30. The van der Waals surface area contributed by atoms with Gasteiger partial charge >= 0.3 is 0 Å². The molecule has 0 fully saturated rings. The third-order valence-electron chi connectivity index (χ3n) is 4.32. The minimum atomic E-state index is -0.528. The van der Waals surface area contributed by atoms with E-state index in [0.717, 1.165) is 29.4 Å². The summed E-state index contributed by atoms with van der Waals surface area (Å²) in [6.07, 6.45) is 0.788. The van der Waals surface area contributed by atoms with Gasteiger partial charge in [-0.15, -0.1) is 0 Å². The number of carbonyl (C=O) groups is 2. The first-order valence-electron chi connectivity index (χ1n) is 8.28. The van der Waals surface area contributed by atoms with Crippen LogP contribution in [0.25, 0.3) is 0 Å². The van der Waals surface area contributed by atoms with Gasteiger partial charge in [0, 0.05) is 24.8 Å². The lowest BCUT2D eigenvalue weighted by Gasteiger charge is -2.18. The molecular formula is C19H19ClFN3O2. The molecule has 0 bridgehead atoms. The fraction of sp³-hybridized carbons (Fsp3) is 0.263. The van der Waals surface area contributed by atoms with Crippen LogP contribution < -0.4 is 15.5 Å². The molecule has 26 heavy (non-hydrogen) atoms. The fourth-order valence-corrected chi connectivity index (χ4v) is 3.18. The lowest BCUT2D eigenvalue weighted by Crippen LogP contribution is -2.32. The summed E-state index contributed by atoms with van der Waals surface area (Å²) in [6, 6.07) is 8.96. The molecule has 0 spiro atoms. The van der Waals surface area contributed by atoms with Crippen LogP contribution in [-0.2, 0) is 16.0 Å². The minimum Gasteiger partial charge on any atom is -0.374 e. The Bertz CT molecular complexity index is 872. The van der Waals surface area contributed by atoms with Gasteiger partial charge in [0.1, 0.15) is 11.9 Å². The number of halogens is 2. The van der Waals surface area contributed by atoms with Crippen LogP contribution in [0, 0.1) is 5.82 Å². The molecule has 1 atom stereocenters. The average molecular weight is 376 g/mol. The van der Waals surface area contributed by atoms with Crippen molar-refractivity contribution in [2.45, 2.75) is 26.3 Å². The Labute approximate surface area is 156 Å². The van der Waals surface area contributed by atoms with Crippen molar-refractivity contribution in [2.24, 2.45) is 0 Å². The van der Waals surface area contributed by atoms with E-state index in [1.807, 2.05) is 18.2 Å². The molecule has 1 aliphatic rings. The van der Waals surface area contributed by atoms with Gasteiger partial charge in [-0.3, -0.25) is 9.59 Å². The van der Waals surface area contributed by atoms with E-state index in [1.54, 1.807) is 18.7 Å². The summed E-state index contributed by atoms with van der Waals surface area (Å²) in [6.45, 7) is 3.95. The number of nitrogens with one attached hydrogen (secondary N) is 2. The van der Waals surface area contributed by atoms with Crippen LogP contribution in [0.3, 0.4) is 0 Å². The van der Waals surface area contributed by atoms with E-state index >= 15 is 0 Å². The number of anilines is 3. The van der Waals surface area contributed by atoms with Gasteiger partial charge in [0.2, 0.25) is 11.8 Å². The molecular weight excluding hydrogens is 357 g/mol. The first kappa shape index (κ1) is 18.2. The van der Waals surface area contributed by atoms with Crippen molar-refractivity contribution < 1.29 is 14.0 Å². The van der Waals surface area contributed by atoms with E-state index in [9.17, 15) is 14.0 Å². The predicted octanol–water partition coefficient (Wildman–Crippen LogP) is 3.83. The molecule has 136 valence electrons. The Morgan fingerprint density at radius 3 is 2.69 bits per heavy atom. The summed E-state index contributed by atoms with van der Waals surface area (Å²) in [7, 11) is 0. The Morgan fingerprint density at radius 1 is 1.23 bits per heavy atom. The zero-order chi connectivity index (χ0) is 18.8. The van der Waals surface area contributed by atoms with Crippen LogP contribution >= 0.6 is 11.6 Å². The van der Waals surface area contributed by atoms with Gasteiger partial charge in [0.05, 0.1) is 10.7 Å². The van der Waals surface area contributed by atoms with Gasteiger partial charge in [-0.2, -0.15) is 0 Å². The zero-order valence-electron chi connectivity index (χ0n) is 14.5. The van der Waals surface area contributed by atoms with Crippen molar-refractivity contribution in [1.29, 1.82) is 0 Å². The SMILES string of the molecule is CC(=O)N1CCc2cc(N[C@H](C)C(=O)Nc3ccc(F)cc3Cl)ccc21. The summed E-state index contributed by atoms with van der Waals surface area (Å²) in [5.74, 6) is -0.727. The molecule has 2 aromatic rings. The van der Waals surface area contributed by atoms with E-state index in [1.165, 1.54) is 12.1 Å². The molecule has 0 aliphatic carbocycles. The summed E-state index contributed by atoms with van der Waals surface area (Å²) in [4.78, 5) is 25.7. The molecule has 2 amide bonds. The quantitative estimate of drug-likeness (QED) is 0.853. The number of fused-ring (bicyclic) bond motifs is 1. The lowest BCUT2D eigenvalue weighted by atomic mass is 10.1. The zero-order valence-corrected chi connectivity index (χ0v) is 15.2. The molecule has 0 saturated heterocycles. The van der Waals surface area contributed by atoms with E-state index in [2.05, 4.69) is 10.6 Å². The van der Waals surface area contributed by atoms with Crippen LogP contribution in [-0.4, -0.2) is 24.4 Å². The Hall–Kier alpha value is -2.60. The normalized spacial score (nSPS) is 13.9. The molecule has 5 nitrogen and oxygen atoms in total. The monoisotopic (exact) mass is 375 g/mol. The molecule has 0 radical (unpaired) electrons. The van der Waals surface area contributed by atoms with Crippen molar-refractivity contribution in [1.82, 2.24) is 0 Å². The average Bonchev–Trinajstić information content (AvgIpc) is 3.00. The Morgan fingerprint density at radius 2 is 2.00 bits per heavy atom. The smallest absolute Gasteiger partial charge is 0.246 e. The van der Waals surface area contributed by atoms with Gasteiger partial charge in [-0.25, -0.2) is 4.39 Å². The molecule has 1 aliphatic heterocycles. The second-order valence-electron chi connectivity index (χ2n) is 6.24. The number of hydrogen-bond acceptors (Lipinski definition) is 3. The largest absolute Gasteiger partial charge is 0.374 e. The maximum Gasteiger partial charge on any atom is 0.246 e. The summed E-state index contributed by atoms with van der Waals surface area (Å²) in [5, 5.41) is 5.96. The van der Waals surface area contributed by atoms with Gasteiger partial charge in [0.15, 0.2) is 0 Å². The molecule has 7 heteroatoms. The van der Waals surface area contributed by atoms with Crippen molar-refractivity contribution in [3.05, 3.63) is 52.8 Å². The third kappa shape index (κ3) is 3.80. The molecule has 2 aromatic carbocycles. The summed E-state index contributed by atoms with van der Waals surface area (Å²) in [5.41, 5.74) is 3.14. The Balaban J connectivity index is 1.67. The summed E-state index contributed by atoms with van der Waals surface area (Å²) >= 11 is 5.93. The van der Waals surface area contributed by atoms with Crippen molar-refractivity contribution in [2.75, 3.05) is 22.1 Å². The third-order valence-corrected chi connectivity index (χ3v) is 4.63. The number of carbonyl (C=O) groups excluding carboxylic acids is 2. The first-order valence-corrected chi connectivity index (χ1v) is 8.66. The highest BCUT2D eigenvalue weighted by Gasteiger charge is 2.23. The first-order chi connectivity index (χ1) is 12.3. The molecule has 3 rings (SSSR count). The fourth-order valence-electron chi connectivity index (χ4n) is 2.97. The van der Waals surface area contributed by atoms with Crippen molar-refractivity contribution in [3.8, 4) is 0 Å². The van der Waals surface area contributed by atoms with Gasteiger partial charge in [-0.05, 0) is 55.3 Å². The van der Waals surface area contributed by atoms with Crippen LogP contribution in [0.1, 0.15) is 19.4 Å². The maximum atomic E-state index is 13.1. The second kappa shape index (κ2) is 7.33. The van der Waals surface area contributed by atoms with Crippen LogP contribution in [0.15, 0.2) is 36.4 Å². The minimum absolute atomic E-state index is 0.0216. The van der Waals surface area contributed by atoms with Crippen molar-refractivity contribution in [3.63, 3.8) is 0 Å². The van der Waals surface area contributed by atoms with Crippen LogP contribution in [0.4, 0.5) is 21.5 Å². The number of nitrogens with zero attached hydrogens (tertiary/aromatic N) is 1. The maximum absolute atomic E-state index is 13.1. The van der Waals surface area contributed by atoms with E-state index in [0.29, 0.717) is 12.2 Å². The Kier molecular flexibility index (Phi) is 5.13. The van der Waals surface area contributed by atoms with Crippen molar-refractivity contribution >= 4 is 40.5 Å². The molecule has 0 unspecified atom stereocenters. The molecule has 2 N–H and O–H groups in total. The number of amides is 2. The van der Waals surface area contributed by atoms with Crippen LogP contribution in [0.5, 0.6) is 0 Å². The van der Waals surface area contributed by atoms with Gasteiger partial charge in [0.25, 0.3) is 0 Å². The van der Waals surface area contributed by atoms with Gasteiger partial charge in [-0.1, -0.05) is 11.6 Å². The lowest BCUT2D eigenvalue weighted by molar-refractivity contribution is -0.117.